The number of carbonyl (C=O) groups is 1. The maximum Gasteiger partial charge on any atom is 0.389 e. The number of halogens is 2. The Hall–Kier alpha value is -2.11. The number of alkyl halides is 2. The third-order valence-electron chi connectivity index (χ3n) is 2.11. The first-order valence-electron chi connectivity index (χ1n) is 4.79. The third-order valence-corrected chi connectivity index (χ3v) is 2.11. The van der Waals surface area contributed by atoms with Crippen LogP contribution in [0.5, 0.6) is 0 Å². The molecule has 2 heterocycles. The van der Waals surface area contributed by atoms with Gasteiger partial charge in [0.25, 0.3) is 0 Å². The molecule has 0 unspecified atom stereocenters. The topological polar surface area (TPSA) is 52.1 Å². The average molecular weight is 238 g/mol. The molecule has 0 amide bonds. The van der Waals surface area contributed by atoms with Gasteiger partial charge in [-0.2, -0.15) is 8.78 Å². The number of aromatic nitrogens is 2. The average Bonchev–Trinajstić information content (AvgIpc) is 2.27. The quantitative estimate of drug-likeness (QED) is 0.753. The Morgan fingerprint density at radius 2 is 2.18 bits per heavy atom. The first-order valence-corrected chi connectivity index (χ1v) is 4.79. The summed E-state index contributed by atoms with van der Waals surface area (Å²) in [5, 5.41) is 0.597. The maximum atomic E-state index is 11.9. The zero-order chi connectivity index (χ0) is 12.4. The van der Waals surface area contributed by atoms with E-state index in [0.717, 1.165) is 5.69 Å². The Bertz CT molecular complexity index is 572. The minimum Gasteiger partial charge on any atom is -0.399 e. The molecule has 0 aliphatic rings. The summed E-state index contributed by atoms with van der Waals surface area (Å²) in [5.74, 6) is -1.10. The van der Waals surface area contributed by atoms with E-state index in [2.05, 4.69) is 14.7 Å². The van der Waals surface area contributed by atoms with E-state index in [9.17, 15) is 13.6 Å². The number of hydrogen-bond donors (Lipinski definition) is 0. The lowest BCUT2D eigenvalue weighted by Crippen LogP contribution is -2.10. The lowest BCUT2D eigenvalue weighted by Gasteiger charge is -2.03. The Morgan fingerprint density at radius 1 is 1.41 bits per heavy atom. The molecule has 4 nitrogen and oxygen atoms in total. The van der Waals surface area contributed by atoms with Gasteiger partial charge in [-0.05, 0) is 25.1 Å². The molecule has 0 saturated heterocycles. The molecule has 2 aromatic rings. The summed E-state index contributed by atoms with van der Waals surface area (Å²) in [6.07, 6.45) is 1.17. The van der Waals surface area contributed by atoms with E-state index in [1.54, 1.807) is 19.1 Å². The van der Waals surface area contributed by atoms with Crippen molar-refractivity contribution in [2.75, 3.05) is 0 Å². The number of nitrogens with zero attached hydrogens (tertiary/aromatic N) is 2. The number of aryl methyl sites for hydroxylation is 1. The Balaban J connectivity index is 2.38. The predicted molar refractivity (Wildman–Crippen MR) is 55.7 cm³/mol. The van der Waals surface area contributed by atoms with E-state index in [0.29, 0.717) is 11.0 Å². The van der Waals surface area contributed by atoms with Gasteiger partial charge in [-0.1, -0.05) is 0 Å². The summed E-state index contributed by atoms with van der Waals surface area (Å²) in [6, 6.07) is 4.87. The molecule has 88 valence electrons. The van der Waals surface area contributed by atoms with Crippen molar-refractivity contribution in [1.82, 2.24) is 9.97 Å². The van der Waals surface area contributed by atoms with Gasteiger partial charge in [0.1, 0.15) is 0 Å². The number of ether oxygens (including phenoxy) is 1. The molecule has 0 aliphatic heterocycles. The number of rotatable bonds is 2. The number of pyridine rings is 2. The van der Waals surface area contributed by atoms with E-state index in [1.165, 1.54) is 12.3 Å². The van der Waals surface area contributed by atoms with Crippen LogP contribution in [-0.2, 0) is 4.74 Å². The Labute approximate surface area is 95.3 Å². The lowest BCUT2D eigenvalue weighted by atomic mass is 10.2. The summed E-state index contributed by atoms with van der Waals surface area (Å²) in [7, 11) is 0. The standard InChI is InChI=1S/C11H8F2N2O2/c1-6-2-3-7-4-8(5-14-9(7)15-6)10(16)17-11(12)13/h2-5,11H,1H3. The van der Waals surface area contributed by atoms with Crippen molar-refractivity contribution in [1.29, 1.82) is 0 Å². The molecule has 6 heteroatoms. The smallest absolute Gasteiger partial charge is 0.389 e. The zero-order valence-corrected chi connectivity index (χ0v) is 8.85. The van der Waals surface area contributed by atoms with Gasteiger partial charge >= 0.3 is 12.6 Å². The van der Waals surface area contributed by atoms with E-state index < -0.39 is 12.6 Å². The highest BCUT2D eigenvalue weighted by molar-refractivity contribution is 5.92. The van der Waals surface area contributed by atoms with Crippen molar-refractivity contribution < 1.29 is 18.3 Å². The predicted octanol–water partition coefficient (Wildman–Crippen LogP) is 2.32. The van der Waals surface area contributed by atoms with Gasteiger partial charge in [0.15, 0.2) is 5.65 Å². The second-order valence-electron chi connectivity index (χ2n) is 3.39. The monoisotopic (exact) mass is 238 g/mol. The molecule has 0 saturated carbocycles. The first kappa shape index (κ1) is 11.4. The summed E-state index contributed by atoms with van der Waals surface area (Å²) in [5.41, 5.74) is 1.22. The highest BCUT2D eigenvalue weighted by Crippen LogP contribution is 2.13. The van der Waals surface area contributed by atoms with Crippen molar-refractivity contribution in [2.24, 2.45) is 0 Å². The minimum atomic E-state index is -3.13. The van der Waals surface area contributed by atoms with E-state index in [4.69, 9.17) is 0 Å². The fraction of sp³-hybridized carbons (Fsp3) is 0.182. The molecule has 0 aliphatic carbocycles. The fourth-order valence-corrected chi connectivity index (χ4v) is 1.37. The van der Waals surface area contributed by atoms with Crippen LogP contribution in [0.2, 0.25) is 0 Å². The molecule has 0 aromatic carbocycles. The summed E-state index contributed by atoms with van der Waals surface area (Å²) < 4.78 is 27.5. The van der Waals surface area contributed by atoms with Crippen LogP contribution in [0.25, 0.3) is 11.0 Å². The molecular formula is C11H8F2N2O2. The number of fused-ring (bicyclic) bond motifs is 1. The summed E-state index contributed by atoms with van der Waals surface area (Å²) >= 11 is 0. The normalized spacial score (nSPS) is 10.8. The van der Waals surface area contributed by atoms with Crippen LogP contribution in [0.15, 0.2) is 24.4 Å². The van der Waals surface area contributed by atoms with Crippen LogP contribution in [0.3, 0.4) is 0 Å². The van der Waals surface area contributed by atoms with Gasteiger partial charge < -0.3 is 4.74 Å². The molecule has 2 aromatic heterocycles. The number of esters is 1. The SMILES string of the molecule is Cc1ccc2cc(C(=O)OC(F)F)cnc2n1. The van der Waals surface area contributed by atoms with Gasteiger partial charge in [0, 0.05) is 17.3 Å². The third kappa shape index (κ3) is 2.52. The molecule has 0 spiro atoms. The second kappa shape index (κ2) is 4.40. The highest BCUT2D eigenvalue weighted by atomic mass is 19.3. The molecular weight excluding hydrogens is 230 g/mol. The first-order chi connectivity index (χ1) is 8.06. The second-order valence-corrected chi connectivity index (χ2v) is 3.39. The van der Waals surface area contributed by atoms with Crippen molar-refractivity contribution in [2.45, 2.75) is 13.5 Å². The molecule has 0 N–H and O–H groups in total. The van der Waals surface area contributed by atoms with Crippen LogP contribution >= 0.6 is 0 Å². The van der Waals surface area contributed by atoms with Gasteiger partial charge in [0.05, 0.1) is 5.56 Å². The van der Waals surface area contributed by atoms with E-state index in [-0.39, 0.29) is 5.56 Å². The molecule has 0 radical (unpaired) electrons. The molecule has 0 atom stereocenters. The van der Waals surface area contributed by atoms with Crippen LogP contribution in [0, 0.1) is 6.92 Å². The highest BCUT2D eigenvalue weighted by Gasteiger charge is 2.14. The van der Waals surface area contributed by atoms with E-state index in [1.807, 2.05) is 0 Å². The van der Waals surface area contributed by atoms with Crippen molar-refractivity contribution in [3.63, 3.8) is 0 Å². The summed E-state index contributed by atoms with van der Waals surface area (Å²) in [6.45, 7) is -1.32. The van der Waals surface area contributed by atoms with Crippen molar-refractivity contribution in [3.05, 3.63) is 35.7 Å². The van der Waals surface area contributed by atoms with Gasteiger partial charge in [-0.25, -0.2) is 14.8 Å². The zero-order valence-electron chi connectivity index (χ0n) is 8.85. The van der Waals surface area contributed by atoms with Crippen molar-refractivity contribution in [3.8, 4) is 0 Å². The van der Waals surface area contributed by atoms with Crippen LogP contribution in [-0.4, -0.2) is 22.5 Å². The van der Waals surface area contributed by atoms with Crippen LogP contribution in [0.1, 0.15) is 16.1 Å². The molecule has 0 fully saturated rings. The van der Waals surface area contributed by atoms with Gasteiger partial charge in [-0.15, -0.1) is 0 Å². The van der Waals surface area contributed by atoms with Crippen LogP contribution in [0.4, 0.5) is 8.78 Å². The molecule has 0 bridgehead atoms. The van der Waals surface area contributed by atoms with Crippen LogP contribution < -0.4 is 0 Å². The largest absolute Gasteiger partial charge is 0.399 e. The van der Waals surface area contributed by atoms with Gasteiger partial charge in [-0.3, -0.25) is 0 Å². The fourth-order valence-electron chi connectivity index (χ4n) is 1.37. The van der Waals surface area contributed by atoms with E-state index >= 15 is 0 Å². The number of carbonyl (C=O) groups excluding carboxylic acids is 1. The Kier molecular flexibility index (Phi) is 2.95. The summed E-state index contributed by atoms with van der Waals surface area (Å²) in [4.78, 5) is 19.2. The minimum absolute atomic E-state index is 0.0246. The number of hydrogen-bond acceptors (Lipinski definition) is 4. The Morgan fingerprint density at radius 3 is 2.88 bits per heavy atom. The molecule has 2 rings (SSSR count). The molecule has 17 heavy (non-hydrogen) atoms. The van der Waals surface area contributed by atoms with Crippen molar-refractivity contribution >= 4 is 17.0 Å². The lowest BCUT2D eigenvalue weighted by molar-refractivity contribution is -0.0906. The maximum absolute atomic E-state index is 11.9. The van der Waals surface area contributed by atoms with Gasteiger partial charge in [0.2, 0.25) is 0 Å².